The molecule has 4 rings (SSSR count). The summed E-state index contributed by atoms with van der Waals surface area (Å²) in [4.78, 5) is 24.5. The lowest BCUT2D eigenvalue weighted by molar-refractivity contribution is -0.135. The smallest absolute Gasteiger partial charge is 0.343 e. The maximum Gasteiger partial charge on any atom is 0.343 e. The van der Waals surface area contributed by atoms with E-state index in [1.165, 1.54) is 12.1 Å². The second-order valence-corrected chi connectivity index (χ2v) is 5.45. The summed E-state index contributed by atoms with van der Waals surface area (Å²) in [5, 5.41) is 10.0. The van der Waals surface area contributed by atoms with E-state index in [-0.39, 0.29) is 17.9 Å². The van der Waals surface area contributed by atoms with E-state index < -0.39 is 17.5 Å². The average Bonchev–Trinajstić information content (AvgIpc) is 2.55. The van der Waals surface area contributed by atoms with Crippen molar-refractivity contribution in [1.29, 1.82) is 0 Å². The van der Waals surface area contributed by atoms with Gasteiger partial charge in [-0.3, -0.25) is 4.79 Å². The predicted molar refractivity (Wildman–Crippen MR) is 82.7 cm³/mol. The normalized spacial score (nSPS) is 16.9. The van der Waals surface area contributed by atoms with Crippen LogP contribution in [0.4, 0.5) is 0 Å². The van der Waals surface area contributed by atoms with Gasteiger partial charge in [-0.25, -0.2) is 4.79 Å². The van der Waals surface area contributed by atoms with Crippen molar-refractivity contribution in [1.82, 2.24) is 0 Å². The quantitative estimate of drug-likeness (QED) is 0.552. The van der Waals surface area contributed by atoms with Crippen LogP contribution in [0.2, 0.25) is 0 Å². The Morgan fingerprint density at radius 2 is 1.74 bits per heavy atom. The molecule has 0 saturated heterocycles. The molecule has 1 aromatic heterocycles. The van der Waals surface area contributed by atoms with E-state index in [1.54, 1.807) is 36.4 Å². The first kappa shape index (κ1) is 13.6. The van der Waals surface area contributed by atoms with Crippen molar-refractivity contribution in [2.45, 2.75) is 12.3 Å². The second kappa shape index (κ2) is 4.98. The monoisotopic (exact) mass is 308 g/mol. The van der Waals surface area contributed by atoms with E-state index in [0.717, 1.165) is 5.56 Å². The number of phenols is 1. The molecule has 0 fully saturated rings. The van der Waals surface area contributed by atoms with E-state index in [2.05, 4.69) is 0 Å². The molecule has 0 radical (unpaired) electrons. The van der Waals surface area contributed by atoms with Gasteiger partial charge < -0.3 is 14.3 Å². The number of para-hydroxylation sites is 1. The molecule has 0 unspecified atom stereocenters. The molecular weight excluding hydrogens is 296 g/mol. The first-order chi connectivity index (χ1) is 11.1. The number of fused-ring (bicyclic) bond motifs is 3. The highest BCUT2D eigenvalue weighted by atomic mass is 16.5. The first-order valence-electron chi connectivity index (χ1n) is 7.19. The summed E-state index contributed by atoms with van der Waals surface area (Å²) in [5.74, 6) is -0.455. The third-order valence-electron chi connectivity index (χ3n) is 4.03. The van der Waals surface area contributed by atoms with Crippen molar-refractivity contribution in [2.75, 3.05) is 0 Å². The summed E-state index contributed by atoms with van der Waals surface area (Å²) >= 11 is 0. The standard InChI is InChI=1S/C18H12O5/c19-11-7-5-10(6-8-11)13-9-15(20)23-17-12-3-1-2-4-14(12)22-18(21)16(13)17/h1-8,13,19H,9H2/t13-/m0/s1. The molecule has 5 heteroatoms. The van der Waals surface area contributed by atoms with E-state index >= 15 is 0 Å². The Bertz CT molecular complexity index is 969. The van der Waals surface area contributed by atoms with Gasteiger partial charge in [0, 0.05) is 5.92 Å². The molecule has 0 aliphatic carbocycles. The van der Waals surface area contributed by atoms with Crippen molar-refractivity contribution in [2.24, 2.45) is 0 Å². The van der Waals surface area contributed by atoms with Gasteiger partial charge in [0.2, 0.25) is 0 Å². The zero-order chi connectivity index (χ0) is 16.0. The molecule has 1 atom stereocenters. The molecule has 5 nitrogen and oxygen atoms in total. The molecule has 0 saturated carbocycles. The van der Waals surface area contributed by atoms with Crippen LogP contribution in [-0.4, -0.2) is 11.1 Å². The van der Waals surface area contributed by atoms with Crippen molar-refractivity contribution >= 4 is 16.9 Å². The number of hydrogen-bond donors (Lipinski definition) is 1. The van der Waals surface area contributed by atoms with Crippen LogP contribution in [0.25, 0.3) is 11.0 Å². The average molecular weight is 308 g/mol. The fraction of sp³-hybridized carbons (Fsp3) is 0.111. The van der Waals surface area contributed by atoms with Crippen LogP contribution < -0.4 is 10.4 Å². The zero-order valence-corrected chi connectivity index (χ0v) is 12.0. The molecule has 23 heavy (non-hydrogen) atoms. The molecule has 1 aliphatic heterocycles. The molecule has 0 spiro atoms. The molecule has 1 N–H and O–H groups in total. The number of benzene rings is 2. The van der Waals surface area contributed by atoms with Crippen LogP contribution in [0.1, 0.15) is 23.5 Å². The minimum atomic E-state index is -0.510. The van der Waals surface area contributed by atoms with Crippen molar-refractivity contribution in [3.8, 4) is 11.5 Å². The van der Waals surface area contributed by atoms with Crippen molar-refractivity contribution in [3.63, 3.8) is 0 Å². The van der Waals surface area contributed by atoms with Crippen molar-refractivity contribution < 1.29 is 19.1 Å². The van der Waals surface area contributed by atoms with Crippen LogP contribution in [0.5, 0.6) is 11.5 Å². The number of hydrogen-bond acceptors (Lipinski definition) is 5. The number of ether oxygens (including phenoxy) is 1. The number of rotatable bonds is 1. The number of carbonyl (C=O) groups excluding carboxylic acids is 1. The second-order valence-electron chi connectivity index (χ2n) is 5.45. The highest BCUT2D eigenvalue weighted by Gasteiger charge is 2.33. The molecule has 2 aromatic carbocycles. The fourth-order valence-corrected chi connectivity index (χ4v) is 2.96. The van der Waals surface area contributed by atoms with Gasteiger partial charge in [0.15, 0.2) is 5.75 Å². The van der Waals surface area contributed by atoms with E-state index in [4.69, 9.17) is 9.15 Å². The van der Waals surface area contributed by atoms with E-state index in [0.29, 0.717) is 16.5 Å². The van der Waals surface area contributed by atoms with Gasteiger partial charge in [-0.1, -0.05) is 24.3 Å². The summed E-state index contributed by atoms with van der Waals surface area (Å²) < 4.78 is 10.7. The summed E-state index contributed by atoms with van der Waals surface area (Å²) in [7, 11) is 0. The highest BCUT2D eigenvalue weighted by molar-refractivity contribution is 5.90. The molecule has 0 bridgehead atoms. The van der Waals surface area contributed by atoms with Crippen LogP contribution in [-0.2, 0) is 4.79 Å². The number of aromatic hydroxyl groups is 1. The third-order valence-corrected chi connectivity index (χ3v) is 4.03. The Hall–Kier alpha value is -3.08. The summed E-state index contributed by atoms with van der Waals surface area (Å²) in [5.41, 5.74) is 0.969. The Kier molecular flexibility index (Phi) is 2.94. The molecule has 0 amide bonds. The van der Waals surface area contributed by atoms with Gasteiger partial charge in [0.25, 0.3) is 0 Å². The van der Waals surface area contributed by atoms with Crippen LogP contribution in [0.15, 0.2) is 57.7 Å². The number of phenolic OH excluding ortho intramolecular Hbond substituents is 1. The summed E-state index contributed by atoms with van der Waals surface area (Å²) in [6.45, 7) is 0. The minimum Gasteiger partial charge on any atom is -0.508 e. The van der Waals surface area contributed by atoms with Gasteiger partial charge >= 0.3 is 11.6 Å². The summed E-state index contributed by atoms with van der Waals surface area (Å²) in [6.07, 6.45) is 0.0564. The van der Waals surface area contributed by atoms with E-state index in [9.17, 15) is 14.7 Å². The van der Waals surface area contributed by atoms with Gasteiger partial charge in [0.05, 0.1) is 17.4 Å². The fourth-order valence-electron chi connectivity index (χ4n) is 2.96. The predicted octanol–water partition coefficient (Wildman–Crippen LogP) is 2.94. The van der Waals surface area contributed by atoms with Gasteiger partial charge in [-0.15, -0.1) is 0 Å². The lowest BCUT2D eigenvalue weighted by Crippen LogP contribution is -2.26. The molecular formula is C18H12O5. The Balaban J connectivity index is 2.00. The minimum absolute atomic E-state index is 0.0564. The highest BCUT2D eigenvalue weighted by Crippen LogP contribution is 2.40. The third kappa shape index (κ3) is 2.17. The lowest BCUT2D eigenvalue weighted by atomic mass is 9.86. The van der Waals surface area contributed by atoms with Crippen molar-refractivity contribution in [3.05, 3.63) is 70.1 Å². The number of carbonyl (C=O) groups is 1. The maximum atomic E-state index is 12.4. The molecule has 3 aromatic rings. The number of esters is 1. The SMILES string of the molecule is O=C1C[C@@H](c2ccc(O)cc2)c2c(c3ccccc3oc2=O)O1. The van der Waals surface area contributed by atoms with Gasteiger partial charge in [0.1, 0.15) is 11.3 Å². The van der Waals surface area contributed by atoms with Crippen LogP contribution >= 0.6 is 0 Å². The topological polar surface area (TPSA) is 76.7 Å². The Morgan fingerprint density at radius 3 is 2.52 bits per heavy atom. The van der Waals surface area contributed by atoms with Crippen LogP contribution in [0.3, 0.4) is 0 Å². The van der Waals surface area contributed by atoms with Gasteiger partial charge in [-0.2, -0.15) is 0 Å². The largest absolute Gasteiger partial charge is 0.508 e. The molecule has 2 heterocycles. The Labute approximate surface area is 130 Å². The summed E-state index contributed by atoms with van der Waals surface area (Å²) in [6, 6.07) is 13.4. The molecule has 1 aliphatic rings. The maximum absolute atomic E-state index is 12.4. The first-order valence-corrected chi connectivity index (χ1v) is 7.19. The van der Waals surface area contributed by atoms with E-state index in [1.807, 2.05) is 0 Å². The lowest BCUT2D eigenvalue weighted by Gasteiger charge is -2.24. The van der Waals surface area contributed by atoms with Crippen LogP contribution in [0, 0.1) is 0 Å². The molecule has 114 valence electrons. The Morgan fingerprint density at radius 1 is 1.00 bits per heavy atom. The zero-order valence-electron chi connectivity index (χ0n) is 12.0. The van der Waals surface area contributed by atoms with Gasteiger partial charge in [-0.05, 0) is 29.8 Å².